The minimum atomic E-state index is -0.834. The third kappa shape index (κ3) is 3.29. The van der Waals surface area contributed by atoms with Crippen molar-refractivity contribution in [3.63, 3.8) is 0 Å². The molecule has 6 rings (SSSR count). The van der Waals surface area contributed by atoms with Gasteiger partial charge in [-0.05, 0) is 39.0 Å². The van der Waals surface area contributed by atoms with Crippen LogP contribution >= 0.6 is 0 Å². The van der Waals surface area contributed by atoms with Crippen LogP contribution < -0.4 is 0 Å². The molecule has 0 aromatic heterocycles. The summed E-state index contributed by atoms with van der Waals surface area (Å²) in [6, 6.07) is 7.79. The Morgan fingerprint density at radius 2 is 1.90 bits per heavy atom. The van der Waals surface area contributed by atoms with E-state index in [2.05, 4.69) is 13.8 Å². The molecule has 1 aromatic carbocycles. The zero-order chi connectivity index (χ0) is 21.8. The third-order valence-corrected chi connectivity index (χ3v) is 7.79. The summed E-state index contributed by atoms with van der Waals surface area (Å²) in [5.41, 5.74) is 1.28. The van der Waals surface area contributed by atoms with Crippen molar-refractivity contribution in [1.82, 2.24) is 0 Å². The van der Waals surface area contributed by atoms with Crippen LogP contribution in [-0.4, -0.2) is 30.0 Å². The fourth-order valence-corrected chi connectivity index (χ4v) is 6.01. The quantitative estimate of drug-likeness (QED) is 0.520. The van der Waals surface area contributed by atoms with Gasteiger partial charge >= 0.3 is 0 Å². The van der Waals surface area contributed by atoms with Crippen LogP contribution in [0.1, 0.15) is 63.8 Å². The van der Waals surface area contributed by atoms with E-state index in [1.165, 1.54) is 0 Å². The van der Waals surface area contributed by atoms with Crippen molar-refractivity contribution >= 4 is 12.4 Å². The molecular weight excluding hydrogens is 398 g/mol. The van der Waals surface area contributed by atoms with Crippen molar-refractivity contribution in [2.45, 2.75) is 77.3 Å². The topological polar surface area (TPSA) is 75.6 Å². The average molecular weight is 430 g/mol. The first-order valence-electron chi connectivity index (χ1n) is 11.3. The molecule has 1 saturated carbocycles. The Balaban J connectivity index is 1.53. The van der Waals surface area contributed by atoms with Crippen LogP contribution in [0, 0.1) is 30.6 Å². The Labute approximate surface area is 183 Å². The van der Waals surface area contributed by atoms with Gasteiger partial charge < -0.3 is 14.2 Å². The van der Waals surface area contributed by atoms with Gasteiger partial charge in [0, 0.05) is 29.7 Å². The number of carbonyl (C=O) groups excluding carboxylic acids is 1. The molecule has 1 aliphatic carbocycles. The van der Waals surface area contributed by atoms with Crippen LogP contribution in [-0.2, 0) is 28.8 Å². The van der Waals surface area contributed by atoms with Gasteiger partial charge in [-0.2, -0.15) is 0 Å². The SMILES string of the molecule is Cc1ccc(C(N=C2O[C@H]3O[C@]4(C)CCC5[C@@H](C)CCC([C@@H]2C)C53OO4)OC=O)cc1. The van der Waals surface area contributed by atoms with Gasteiger partial charge in [-0.15, -0.1) is 0 Å². The van der Waals surface area contributed by atoms with Gasteiger partial charge in [0.25, 0.3) is 6.47 Å². The predicted octanol–water partition coefficient (Wildman–Crippen LogP) is 4.45. The van der Waals surface area contributed by atoms with Gasteiger partial charge in [-0.25, -0.2) is 14.8 Å². The largest absolute Gasteiger partial charge is 0.448 e. The van der Waals surface area contributed by atoms with E-state index >= 15 is 0 Å². The Morgan fingerprint density at radius 3 is 2.65 bits per heavy atom. The highest BCUT2D eigenvalue weighted by Crippen LogP contribution is 2.60. The number of aryl methyl sites for hydroxylation is 1. The third-order valence-electron chi connectivity index (χ3n) is 7.79. The van der Waals surface area contributed by atoms with Crippen LogP contribution in [0.15, 0.2) is 29.3 Å². The number of aliphatic imine (C=N–C) groups is 1. The molecule has 168 valence electrons. The molecule has 2 bridgehead atoms. The molecule has 4 saturated heterocycles. The lowest BCUT2D eigenvalue weighted by atomic mass is 9.58. The van der Waals surface area contributed by atoms with E-state index in [4.69, 9.17) is 29.0 Å². The first kappa shape index (κ1) is 20.9. The van der Waals surface area contributed by atoms with E-state index in [0.717, 1.165) is 36.8 Å². The number of benzene rings is 1. The maximum absolute atomic E-state index is 11.2. The second-order valence-electron chi connectivity index (χ2n) is 9.78. The molecule has 5 fully saturated rings. The summed E-state index contributed by atoms with van der Waals surface area (Å²) in [4.78, 5) is 28.0. The lowest BCUT2D eigenvalue weighted by Crippen LogP contribution is -2.69. The summed E-state index contributed by atoms with van der Waals surface area (Å²) in [5, 5.41) is 0. The summed E-state index contributed by atoms with van der Waals surface area (Å²) >= 11 is 0. The maximum Gasteiger partial charge on any atom is 0.295 e. The minimum Gasteiger partial charge on any atom is -0.448 e. The van der Waals surface area contributed by atoms with E-state index in [1.807, 2.05) is 38.1 Å². The van der Waals surface area contributed by atoms with Crippen LogP contribution in [0.3, 0.4) is 0 Å². The van der Waals surface area contributed by atoms with Crippen molar-refractivity contribution in [2.24, 2.45) is 28.7 Å². The van der Waals surface area contributed by atoms with E-state index in [-0.39, 0.29) is 11.8 Å². The lowest BCUT2D eigenvalue weighted by Gasteiger charge is -2.58. The predicted molar refractivity (Wildman–Crippen MR) is 112 cm³/mol. The van der Waals surface area contributed by atoms with Gasteiger partial charge in [0.2, 0.25) is 18.3 Å². The average Bonchev–Trinajstić information content (AvgIpc) is 2.98. The normalized spacial score (nSPS) is 43.5. The van der Waals surface area contributed by atoms with Gasteiger partial charge in [-0.1, -0.05) is 43.7 Å². The van der Waals surface area contributed by atoms with Gasteiger partial charge in [0.05, 0.1) is 0 Å². The molecule has 31 heavy (non-hydrogen) atoms. The summed E-state index contributed by atoms with van der Waals surface area (Å²) in [6.45, 7) is 8.75. The van der Waals surface area contributed by atoms with Gasteiger partial charge in [-0.3, -0.25) is 4.79 Å². The molecule has 0 N–H and O–H groups in total. The molecule has 7 heteroatoms. The minimum absolute atomic E-state index is 0.0240. The summed E-state index contributed by atoms with van der Waals surface area (Å²) in [6.07, 6.45) is 2.47. The number of fused-ring (bicyclic) bond motifs is 2. The molecule has 5 aliphatic rings. The molecule has 8 atom stereocenters. The molecule has 4 aliphatic heterocycles. The Morgan fingerprint density at radius 1 is 1.13 bits per heavy atom. The number of rotatable bonds is 4. The van der Waals surface area contributed by atoms with Crippen LogP contribution in [0.2, 0.25) is 0 Å². The van der Waals surface area contributed by atoms with E-state index in [1.54, 1.807) is 0 Å². The Kier molecular flexibility index (Phi) is 5.11. The zero-order valence-electron chi connectivity index (χ0n) is 18.6. The van der Waals surface area contributed by atoms with Crippen LogP contribution in [0.25, 0.3) is 0 Å². The van der Waals surface area contributed by atoms with E-state index in [0.29, 0.717) is 24.2 Å². The fraction of sp³-hybridized carbons (Fsp3) is 0.667. The summed E-state index contributed by atoms with van der Waals surface area (Å²) in [5.74, 6) is 0.621. The number of nitrogens with zero attached hydrogens (tertiary/aromatic N) is 1. The smallest absolute Gasteiger partial charge is 0.295 e. The zero-order valence-corrected chi connectivity index (χ0v) is 18.6. The summed E-state index contributed by atoms with van der Waals surface area (Å²) in [7, 11) is 0. The highest BCUT2D eigenvalue weighted by Gasteiger charge is 2.69. The number of hydrogen-bond acceptors (Lipinski definition) is 7. The highest BCUT2D eigenvalue weighted by molar-refractivity contribution is 5.80. The van der Waals surface area contributed by atoms with E-state index < -0.39 is 23.9 Å². The first-order chi connectivity index (χ1) is 14.9. The number of hydrogen-bond donors (Lipinski definition) is 0. The van der Waals surface area contributed by atoms with Gasteiger partial charge in [0.15, 0.2) is 11.5 Å². The molecule has 0 amide bonds. The molecule has 4 unspecified atom stereocenters. The van der Waals surface area contributed by atoms with Crippen molar-refractivity contribution in [2.75, 3.05) is 0 Å². The molecule has 7 nitrogen and oxygen atoms in total. The van der Waals surface area contributed by atoms with Crippen molar-refractivity contribution < 1.29 is 28.8 Å². The number of ether oxygens (including phenoxy) is 3. The lowest BCUT2D eigenvalue weighted by molar-refractivity contribution is -0.557. The highest BCUT2D eigenvalue weighted by atomic mass is 17.3. The monoisotopic (exact) mass is 429 g/mol. The Bertz CT molecular complexity index is 871. The Hall–Kier alpha value is -1.96. The fourth-order valence-electron chi connectivity index (χ4n) is 6.01. The number of carbonyl (C=O) groups is 1. The van der Waals surface area contributed by atoms with Crippen LogP contribution in [0.5, 0.6) is 0 Å². The molecule has 1 aromatic rings. The van der Waals surface area contributed by atoms with Crippen molar-refractivity contribution in [3.05, 3.63) is 35.4 Å². The van der Waals surface area contributed by atoms with Crippen molar-refractivity contribution in [3.8, 4) is 0 Å². The molecule has 0 radical (unpaired) electrons. The first-order valence-corrected chi connectivity index (χ1v) is 11.3. The van der Waals surface area contributed by atoms with Gasteiger partial charge in [0.1, 0.15) is 0 Å². The molecule has 4 heterocycles. The van der Waals surface area contributed by atoms with E-state index in [9.17, 15) is 4.79 Å². The second kappa shape index (κ2) is 7.57. The molecule has 1 spiro atoms. The van der Waals surface area contributed by atoms with Crippen molar-refractivity contribution in [1.29, 1.82) is 0 Å². The van der Waals surface area contributed by atoms with Crippen LogP contribution in [0.4, 0.5) is 0 Å². The summed E-state index contributed by atoms with van der Waals surface area (Å²) < 4.78 is 18.1. The maximum atomic E-state index is 11.2. The standard InChI is InChI=1S/C24H31NO6/c1-14-5-8-17(9-6-14)21(27-13-26)25-20-16(3)19-10-7-15(2)18-11-12-23(4)29-22(28-20)24(18,19)31-30-23/h5-6,8-9,13,15-16,18-19,21-22H,7,10-12H2,1-4H3/t15-,16-,18?,19?,21?,22-,23-,24?/m0/s1. The molecular formula is C24H31NO6. The second-order valence-corrected chi connectivity index (χ2v) is 9.78.